The molecule has 112 valence electrons. The van der Waals surface area contributed by atoms with Crippen LogP contribution in [0.2, 0.25) is 0 Å². The maximum Gasteiger partial charge on any atom is 0.151 e. The van der Waals surface area contributed by atoms with Crippen LogP contribution in [0.3, 0.4) is 0 Å². The number of aryl methyl sites for hydroxylation is 1. The number of fused-ring (bicyclic) bond motifs is 1. The number of benzene rings is 1. The Labute approximate surface area is 130 Å². The van der Waals surface area contributed by atoms with E-state index in [-0.39, 0.29) is 0 Å². The fourth-order valence-electron chi connectivity index (χ4n) is 3.43. The van der Waals surface area contributed by atoms with Gasteiger partial charge in [-0.1, -0.05) is 18.2 Å². The highest BCUT2D eigenvalue weighted by Crippen LogP contribution is 2.33. The van der Waals surface area contributed by atoms with Crippen molar-refractivity contribution >= 4 is 16.7 Å². The molecule has 0 spiro atoms. The summed E-state index contributed by atoms with van der Waals surface area (Å²) in [7, 11) is 0. The van der Waals surface area contributed by atoms with Crippen molar-refractivity contribution in [3.8, 4) is 0 Å². The van der Waals surface area contributed by atoms with Crippen LogP contribution in [0.5, 0.6) is 0 Å². The Morgan fingerprint density at radius 3 is 2.91 bits per heavy atom. The number of nitrogens with one attached hydrogen (secondary N) is 1. The molecule has 0 bridgehead atoms. The molecule has 1 aromatic carbocycles. The van der Waals surface area contributed by atoms with E-state index >= 15 is 0 Å². The van der Waals surface area contributed by atoms with Crippen LogP contribution in [0.15, 0.2) is 42.6 Å². The second-order valence-electron chi connectivity index (χ2n) is 6.11. The first kappa shape index (κ1) is 13.3. The van der Waals surface area contributed by atoms with Crippen molar-refractivity contribution in [2.75, 3.05) is 18.0 Å². The van der Waals surface area contributed by atoms with Crippen molar-refractivity contribution in [3.05, 3.63) is 53.9 Å². The molecule has 2 aromatic heterocycles. The maximum absolute atomic E-state index is 4.35. The molecule has 1 N–H and O–H groups in total. The molecule has 1 unspecified atom stereocenters. The van der Waals surface area contributed by atoms with Crippen molar-refractivity contribution < 1.29 is 0 Å². The molecule has 0 radical (unpaired) electrons. The minimum absolute atomic E-state index is 0.549. The van der Waals surface area contributed by atoms with Crippen molar-refractivity contribution in [2.24, 2.45) is 0 Å². The molecule has 0 amide bonds. The Kier molecular flexibility index (Phi) is 3.29. The molecule has 3 aromatic rings. The van der Waals surface area contributed by atoms with Gasteiger partial charge in [0, 0.05) is 36.1 Å². The fourth-order valence-corrected chi connectivity index (χ4v) is 3.43. The smallest absolute Gasteiger partial charge is 0.151 e. The van der Waals surface area contributed by atoms with Crippen LogP contribution in [-0.4, -0.2) is 28.3 Å². The molecule has 3 heterocycles. The molecule has 0 saturated carbocycles. The average molecular weight is 292 g/mol. The number of piperidine rings is 1. The molecule has 4 nitrogen and oxygen atoms in total. The normalized spacial score (nSPS) is 18.8. The molecule has 4 heteroatoms. The van der Waals surface area contributed by atoms with Gasteiger partial charge in [0.05, 0.1) is 5.69 Å². The maximum atomic E-state index is 4.35. The topological polar surface area (TPSA) is 44.8 Å². The van der Waals surface area contributed by atoms with E-state index in [4.69, 9.17) is 0 Å². The Morgan fingerprint density at radius 2 is 2.05 bits per heavy atom. The number of nitrogens with zero attached hydrogens (tertiary/aromatic N) is 3. The van der Waals surface area contributed by atoms with Crippen molar-refractivity contribution in [3.63, 3.8) is 0 Å². The van der Waals surface area contributed by atoms with Gasteiger partial charge in [0.15, 0.2) is 5.82 Å². The van der Waals surface area contributed by atoms with Gasteiger partial charge in [-0.25, -0.2) is 0 Å². The molecular weight excluding hydrogens is 272 g/mol. The lowest BCUT2D eigenvalue weighted by molar-refractivity contribution is 0.508. The summed E-state index contributed by atoms with van der Waals surface area (Å²) in [6.45, 7) is 4.05. The van der Waals surface area contributed by atoms with Gasteiger partial charge in [0.2, 0.25) is 0 Å². The van der Waals surface area contributed by atoms with Gasteiger partial charge in [0.1, 0.15) is 0 Å². The minimum atomic E-state index is 0.549. The first-order chi connectivity index (χ1) is 10.8. The summed E-state index contributed by atoms with van der Waals surface area (Å²) in [5.74, 6) is 1.54. The Hall–Kier alpha value is -2.36. The third-order valence-corrected chi connectivity index (χ3v) is 4.59. The monoisotopic (exact) mass is 292 g/mol. The lowest BCUT2D eigenvalue weighted by Crippen LogP contribution is -2.35. The van der Waals surface area contributed by atoms with Gasteiger partial charge >= 0.3 is 0 Å². The van der Waals surface area contributed by atoms with E-state index < -0.39 is 0 Å². The summed E-state index contributed by atoms with van der Waals surface area (Å²) in [4.78, 5) is 5.76. The van der Waals surface area contributed by atoms with Gasteiger partial charge < -0.3 is 9.88 Å². The number of aromatic nitrogens is 3. The van der Waals surface area contributed by atoms with E-state index in [9.17, 15) is 0 Å². The first-order valence-corrected chi connectivity index (χ1v) is 7.92. The van der Waals surface area contributed by atoms with Crippen molar-refractivity contribution in [1.29, 1.82) is 0 Å². The molecule has 4 rings (SSSR count). The Morgan fingerprint density at radius 1 is 1.14 bits per heavy atom. The number of aromatic amines is 1. The van der Waals surface area contributed by atoms with Gasteiger partial charge in [0.25, 0.3) is 0 Å². The second-order valence-corrected chi connectivity index (χ2v) is 6.11. The zero-order valence-electron chi connectivity index (χ0n) is 12.8. The van der Waals surface area contributed by atoms with Crippen LogP contribution in [0, 0.1) is 6.92 Å². The molecule has 1 atom stereocenters. The van der Waals surface area contributed by atoms with E-state index in [2.05, 4.69) is 56.6 Å². The molecule has 1 aliphatic heterocycles. The van der Waals surface area contributed by atoms with E-state index in [1.54, 1.807) is 0 Å². The van der Waals surface area contributed by atoms with Gasteiger partial charge in [-0.15, -0.1) is 5.10 Å². The highest BCUT2D eigenvalue weighted by molar-refractivity contribution is 5.83. The summed E-state index contributed by atoms with van der Waals surface area (Å²) in [5.41, 5.74) is 3.62. The van der Waals surface area contributed by atoms with Gasteiger partial charge in [-0.05, 0) is 43.5 Å². The average Bonchev–Trinajstić information content (AvgIpc) is 3.00. The third kappa shape index (κ3) is 2.34. The van der Waals surface area contributed by atoms with Crippen LogP contribution in [0.1, 0.15) is 30.0 Å². The highest BCUT2D eigenvalue weighted by Gasteiger charge is 2.24. The zero-order valence-corrected chi connectivity index (χ0v) is 12.8. The zero-order chi connectivity index (χ0) is 14.9. The predicted molar refractivity (Wildman–Crippen MR) is 89.3 cm³/mol. The number of anilines is 1. The van der Waals surface area contributed by atoms with E-state index in [1.807, 2.05) is 13.0 Å². The first-order valence-electron chi connectivity index (χ1n) is 7.92. The summed E-state index contributed by atoms with van der Waals surface area (Å²) < 4.78 is 0. The molecule has 0 aliphatic carbocycles. The van der Waals surface area contributed by atoms with Gasteiger partial charge in [-0.2, -0.15) is 5.10 Å². The Balaban J connectivity index is 1.62. The van der Waals surface area contributed by atoms with Crippen LogP contribution in [0.25, 0.3) is 10.9 Å². The molecule has 1 aliphatic rings. The van der Waals surface area contributed by atoms with Gasteiger partial charge in [-0.3, -0.25) is 0 Å². The number of para-hydroxylation sites is 1. The minimum Gasteiger partial charge on any atom is -0.361 e. The summed E-state index contributed by atoms with van der Waals surface area (Å²) in [5, 5.41) is 9.89. The quantitative estimate of drug-likeness (QED) is 0.784. The summed E-state index contributed by atoms with van der Waals surface area (Å²) >= 11 is 0. The standard InChI is InChI=1S/C18H20N4/c1-13-8-9-18(21-20-13)22-10-4-5-14(12-22)16-11-19-17-7-3-2-6-15(16)17/h2-3,6-9,11,14,19H,4-5,10,12H2,1H3. The summed E-state index contributed by atoms with van der Waals surface area (Å²) in [6, 6.07) is 12.7. The molecule has 1 saturated heterocycles. The summed E-state index contributed by atoms with van der Waals surface area (Å²) in [6.07, 6.45) is 4.61. The third-order valence-electron chi connectivity index (χ3n) is 4.59. The SMILES string of the molecule is Cc1ccc(N2CCCC(c3c[nH]c4ccccc34)C2)nn1. The van der Waals surface area contributed by atoms with E-state index in [0.717, 1.165) is 24.6 Å². The van der Waals surface area contributed by atoms with Crippen LogP contribution in [0.4, 0.5) is 5.82 Å². The molecular formula is C18H20N4. The Bertz CT molecular complexity index is 775. The van der Waals surface area contributed by atoms with Crippen molar-refractivity contribution in [2.45, 2.75) is 25.7 Å². The largest absolute Gasteiger partial charge is 0.361 e. The van der Waals surface area contributed by atoms with Crippen molar-refractivity contribution in [1.82, 2.24) is 15.2 Å². The molecule has 22 heavy (non-hydrogen) atoms. The van der Waals surface area contributed by atoms with E-state index in [1.165, 1.54) is 29.3 Å². The predicted octanol–water partition coefficient (Wildman–Crippen LogP) is 3.65. The number of H-pyrrole nitrogens is 1. The fraction of sp³-hybridized carbons (Fsp3) is 0.333. The number of rotatable bonds is 2. The van der Waals surface area contributed by atoms with E-state index in [0.29, 0.717) is 5.92 Å². The van der Waals surface area contributed by atoms with Crippen LogP contribution >= 0.6 is 0 Å². The van der Waals surface area contributed by atoms with Crippen LogP contribution in [-0.2, 0) is 0 Å². The number of hydrogen-bond acceptors (Lipinski definition) is 3. The second kappa shape index (κ2) is 5.44. The lowest BCUT2D eigenvalue weighted by atomic mass is 9.90. The number of hydrogen-bond donors (Lipinski definition) is 1. The molecule has 1 fully saturated rings. The highest BCUT2D eigenvalue weighted by atomic mass is 15.3. The lowest BCUT2D eigenvalue weighted by Gasteiger charge is -2.33. The van der Waals surface area contributed by atoms with Crippen LogP contribution < -0.4 is 4.90 Å².